The number of hydrogen-bond acceptors (Lipinski definition) is 6. The van der Waals surface area contributed by atoms with Gasteiger partial charge < -0.3 is 0 Å². The lowest BCUT2D eigenvalue weighted by atomic mass is 9.99. The smallest absolute Gasteiger partial charge is 0.160 e. The highest BCUT2D eigenvalue weighted by Gasteiger charge is 2.19. The molecule has 4 nitrogen and oxygen atoms in total. The normalized spacial score (nSPS) is 11.5. The Morgan fingerprint density at radius 1 is 0.258 bits per heavy atom. The van der Waals surface area contributed by atoms with Crippen LogP contribution in [0.25, 0.3) is 119 Å². The Morgan fingerprint density at radius 3 is 1.03 bits per heavy atom. The van der Waals surface area contributed by atoms with Gasteiger partial charge >= 0.3 is 0 Å². The Labute approximate surface area is 366 Å². The second-order valence-corrected chi connectivity index (χ2v) is 17.5. The number of hydrogen-bond donors (Lipinski definition) is 0. The number of benzene rings is 8. The molecular formula is C56H34N4S2. The minimum absolute atomic E-state index is 0.697. The van der Waals surface area contributed by atoms with Crippen LogP contribution < -0.4 is 0 Å². The van der Waals surface area contributed by atoms with Gasteiger partial charge in [-0.2, -0.15) is 0 Å². The summed E-state index contributed by atoms with van der Waals surface area (Å²) >= 11 is 3.50. The van der Waals surface area contributed by atoms with E-state index in [-0.39, 0.29) is 0 Å². The summed E-state index contributed by atoms with van der Waals surface area (Å²) in [6, 6.07) is 72.6. The second-order valence-electron chi connectivity index (χ2n) is 15.4. The van der Waals surface area contributed by atoms with Crippen molar-refractivity contribution in [3.05, 3.63) is 206 Å². The minimum Gasteiger partial charge on any atom is -0.226 e. The van der Waals surface area contributed by atoms with E-state index in [0.29, 0.717) is 11.6 Å². The van der Waals surface area contributed by atoms with E-state index in [1.54, 1.807) is 22.7 Å². The van der Waals surface area contributed by atoms with Gasteiger partial charge in [0.25, 0.3) is 0 Å². The topological polar surface area (TPSA) is 51.6 Å². The van der Waals surface area contributed by atoms with Crippen LogP contribution >= 0.6 is 22.7 Å². The zero-order valence-corrected chi connectivity index (χ0v) is 34.9. The fourth-order valence-corrected chi connectivity index (χ4v) is 10.7. The van der Waals surface area contributed by atoms with Crippen LogP contribution in [0.4, 0.5) is 0 Å². The SMILES string of the molecule is c1ccc(-c2ccc(-c3nc(-c4cccc(-c5cccc(-c6nc(-c7ccc(-c8ccccc8)cc7)c7sc8ccccc8c7n6)c5)c4)nc4c3sc3ccccc34)cc2)cc1. The third kappa shape index (κ3) is 6.45. The third-order valence-corrected chi connectivity index (χ3v) is 13.9. The summed E-state index contributed by atoms with van der Waals surface area (Å²) in [6.45, 7) is 0. The molecule has 62 heavy (non-hydrogen) atoms. The Kier molecular flexibility index (Phi) is 8.84. The first kappa shape index (κ1) is 36.2. The van der Waals surface area contributed by atoms with Crippen molar-refractivity contribution in [1.29, 1.82) is 0 Å². The van der Waals surface area contributed by atoms with Crippen LogP contribution in [-0.4, -0.2) is 19.9 Å². The van der Waals surface area contributed by atoms with Gasteiger partial charge in [-0.25, -0.2) is 19.9 Å². The van der Waals surface area contributed by atoms with Crippen LogP contribution in [0.3, 0.4) is 0 Å². The summed E-state index contributed by atoms with van der Waals surface area (Å²) in [6.07, 6.45) is 0. The van der Waals surface area contributed by atoms with Crippen molar-refractivity contribution in [3.8, 4) is 78.7 Å². The van der Waals surface area contributed by atoms with Gasteiger partial charge in [-0.15, -0.1) is 22.7 Å². The molecule has 12 aromatic rings. The van der Waals surface area contributed by atoms with Crippen LogP contribution in [0.2, 0.25) is 0 Å². The molecule has 290 valence electrons. The van der Waals surface area contributed by atoms with Crippen LogP contribution in [-0.2, 0) is 0 Å². The summed E-state index contributed by atoms with van der Waals surface area (Å²) in [5.74, 6) is 1.39. The molecule has 12 rings (SSSR count). The number of rotatable bonds is 7. The monoisotopic (exact) mass is 826 g/mol. The van der Waals surface area contributed by atoms with Gasteiger partial charge in [0.1, 0.15) is 0 Å². The molecule has 0 saturated heterocycles. The maximum Gasteiger partial charge on any atom is 0.160 e. The minimum atomic E-state index is 0.697. The molecule has 8 aromatic carbocycles. The summed E-state index contributed by atoms with van der Waals surface area (Å²) in [5, 5.41) is 2.29. The molecule has 0 aliphatic heterocycles. The van der Waals surface area contributed by atoms with Crippen LogP contribution in [0.5, 0.6) is 0 Å². The van der Waals surface area contributed by atoms with Crippen molar-refractivity contribution in [3.63, 3.8) is 0 Å². The van der Waals surface area contributed by atoms with Crippen molar-refractivity contribution < 1.29 is 0 Å². The molecule has 0 radical (unpaired) electrons. The third-order valence-electron chi connectivity index (χ3n) is 11.5. The number of thiophene rings is 2. The second kappa shape index (κ2) is 15.1. The quantitative estimate of drug-likeness (QED) is 0.161. The van der Waals surface area contributed by atoms with E-state index in [1.165, 1.54) is 31.7 Å². The maximum atomic E-state index is 5.33. The van der Waals surface area contributed by atoms with E-state index in [1.807, 2.05) is 12.1 Å². The zero-order chi connectivity index (χ0) is 41.0. The van der Waals surface area contributed by atoms with Crippen LogP contribution in [0, 0.1) is 0 Å². The molecule has 0 fully saturated rings. The summed E-state index contributed by atoms with van der Waals surface area (Å²) < 4.78 is 4.58. The van der Waals surface area contributed by atoms with E-state index in [0.717, 1.165) is 76.0 Å². The van der Waals surface area contributed by atoms with E-state index < -0.39 is 0 Å². The van der Waals surface area contributed by atoms with Gasteiger partial charge in [-0.1, -0.05) is 182 Å². The highest BCUT2D eigenvalue weighted by Crippen LogP contribution is 2.42. The van der Waals surface area contributed by atoms with Gasteiger partial charge in [0.05, 0.1) is 31.8 Å². The Bertz CT molecular complexity index is 3370. The van der Waals surface area contributed by atoms with Gasteiger partial charge in [-0.3, -0.25) is 0 Å². The lowest BCUT2D eigenvalue weighted by Gasteiger charge is -2.11. The fraction of sp³-hybridized carbons (Fsp3) is 0. The Hall–Kier alpha value is -7.64. The first-order chi connectivity index (χ1) is 30.7. The van der Waals surface area contributed by atoms with Crippen molar-refractivity contribution in [1.82, 2.24) is 19.9 Å². The summed E-state index contributed by atoms with van der Waals surface area (Å²) in [5.41, 5.74) is 14.7. The molecule has 0 aliphatic carbocycles. The summed E-state index contributed by atoms with van der Waals surface area (Å²) in [7, 11) is 0. The molecule has 0 N–H and O–H groups in total. The number of nitrogens with zero attached hydrogens (tertiary/aromatic N) is 4. The largest absolute Gasteiger partial charge is 0.226 e. The highest BCUT2D eigenvalue weighted by atomic mass is 32.1. The molecule has 0 unspecified atom stereocenters. The molecule has 0 atom stereocenters. The first-order valence-corrected chi connectivity index (χ1v) is 22.2. The average Bonchev–Trinajstić information content (AvgIpc) is 3.93. The van der Waals surface area contributed by atoms with Crippen molar-refractivity contribution in [2.24, 2.45) is 0 Å². The molecule has 0 spiro atoms. The van der Waals surface area contributed by atoms with Gasteiger partial charge in [-0.05, 0) is 57.6 Å². The molecule has 0 aliphatic rings. The predicted molar refractivity (Wildman–Crippen MR) is 261 cm³/mol. The predicted octanol–water partition coefficient (Wildman–Crippen LogP) is 15.7. The fourth-order valence-electron chi connectivity index (χ4n) is 8.41. The number of fused-ring (bicyclic) bond motifs is 6. The highest BCUT2D eigenvalue weighted by molar-refractivity contribution is 7.26. The molecular weight excluding hydrogens is 793 g/mol. The molecule has 4 heterocycles. The Morgan fingerprint density at radius 2 is 0.597 bits per heavy atom. The van der Waals surface area contributed by atoms with E-state index >= 15 is 0 Å². The maximum absolute atomic E-state index is 5.33. The zero-order valence-electron chi connectivity index (χ0n) is 33.2. The van der Waals surface area contributed by atoms with E-state index in [2.05, 4.69) is 194 Å². The standard InChI is InChI=1S/C56H34N4S2/c1-3-13-35(14-4-1)37-25-29-39(30-26-37)49-53-51(45-21-7-9-23-47(45)61-53)59-55(57-49)43-19-11-17-41(33-43)42-18-12-20-44(34-42)56-58-50(54-52(60-56)46-22-8-10-24-48(46)62-54)40-31-27-38(28-32-40)36-15-5-2-6-16-36/h1-34H. The van der Waals surface area contributed by atoms with E-state index in [4.69, 9.17) is 19.9 Å². The average molecular weight is 827 g/mol. The molecule has 0 bridgehead atoms. The van der Waals surface area contributed by atoms with Gasteiger partial charge in [0.2, 0.25) is 0 Å². The first-order valence-electron chi connectivity index (χ1n) is 20.6. The van der Waals surface area contributed by atoms with Gasteiger partial charge in [0.15, 0.2) is 11.6 Å². The van der Waals surface area contributed by atoms with Crippen LogP contribution in [0.15, 0.2) is 206 Å². The lowest BCUT2D eigenvalue weighted by molar-refractivity contribution is 1.24. The van der Waals surface area contributed by atoms with Crippen molar-refractivity contribution in [2.75, 3.05) is 0 Å². The Balaban J connectivity index is 0.950. The number of aromatic nitrogens is 4. The molecule has 0 saturated carbocycles. The van der Waals surface area contributed by atoms with Crippen molar-refractivity contribution in [2.45, 2.75) is 0 Å². The van der Waals surface area contributed by atoms with Crippen LogP contribution in [0.1, 0.15) is 0 Å². The van der Waals surface area contributed by atoms with Gasteiger partial charge in [0, 0.05) is 42.4 Å². The van der Waals surface area contributed by atoms with E-state index in [9.17, 15) is 0 Å². The lowest BCUT2D eigenvalue weighted by Crippen LogP contribution is -1.95. The van der Waals surface area contributed by atoms with Crippen molar-refractivity contribution >= 4 is 63.3 Å². The molecule has 4 aromatic heterocycles. The summed E-state index contributed by atoms with van der Waals surface area (Å²) in [4.78, 5) is 21.2. The molecule has 6 heteroatoms. The molecule has 0 amide bonds.